The number of ether oxygens (including phenoxy) is 2. The molecule has 0 heterocycles. The van der Waals surface area contributed by atoms with Crippen LogP contribution in [-0.2, 0) is 4.79 Å². The molecule has 0 saturated carbocycles. The predicted octanol–water partition coefficient (Wildman–Crippen LogP) is 6.16. The number of amides is 1. The molecule has 3 rings (SSSR count). The molecule has 0 aliphatic carbocycles. The van der Waals surface area contributed by atoms with Gasteiger partial charge in [0, 0.05) is 5.02 Å². The lowest BCUT2D eigenvalue weighted by Gasteiger charge is -2.18. The predicted molar refractivity (Wildman–Crippen MR) is 113 cm³/mol. The molecule has 0 aliphatic heterocycles. The molecule has 0 spiro atoms. The van der Waals surface area contributed by atoms with Gasteiger partial charge in [0.2, 0.25) is 0 Å². The number of hydrogen-bond acceptors (Lipinski definition) is 3. The molecular weight excluding hydrogens is 374 g/mol. The van der Waals surface area contributed by atoms with Gasteiger partial charge in [0.25, 0.3) is 5.91 Å². The van der Waals surface area contributed by atoms with E-state index in [1.54, 1.807) is 25.1 Å². The Bertz CT molecular complexity index is 973. The van der Waals surface area contributed by atoms with E-state index in [-0.39, 0.29) is 5.91 Å². The number of carbonyl (C=O) groups is 1. The first-order valence-electron chi connectivity index (χ1n) is 9.00. The third-order valence-electron chi connectivity index (χ3n) is 4.40. The molecule has 0 radical (unpaired) electrons. The molecule has 144 valence electrons. The molecule has 1 N–H and O–H groups in total. The van der Waals surface area contributed by atoms with Crippen LogP contribution >= 0.6 is 11.6 Å². The standard InChI is InChI=1S/C23H22ClNO3/c1-15-8-7-11-21(16(15)2)27-17(3)23(26)25-20-14-18(24)12-13-22(20)28-19-9-5-4-6-10-19/h4-14,17H,1-3H3,(H,25,26)/t17-/m1/s1. The first kappa shape index (κ1) is 19.8. The Kier molecular flexibility index (Phi) is 6.22. The number of para-hydroxylation sites is 1. The molecule has 4 nitrogen and oxygen atoms in total. The van der Waals surface area contributed by atoms with E-state index in [4.69, 9.17) is 21.1 Å². The zero-order chi connectivity index (χ0) is 20.1. The van der Waals surface area contributed by atoms with Crippen LogP contribution in [0.4, 0.5) is 5.69 Å². The molecule has 0 aromatic heterocycles. The van der Waals surface area contributed by atoms with Crippen molar-refractivity contribution >= 4 is 23.2 Å². The van der Waals surface area contributed by atoms with Gasteiger partial charge in [-0.25, -0.2) is 0 Å². The quantitative estimate of drug-likeness (QED) is 0.544. The molecule has 3 aromatic carbocycles. The Morgan fingerprint density at radius 2 is 1.71 bits per heavy atom. The maximum Gasteiger partial charge on any atom is 0.265 e. The smallest absolute Gasteiger partial charge is 0.265 e. The van der Waals surface area contributed by atoms with Crippen molar-refractivity contribution < 1.29 is 14.3 Å². The topological polar surface area (TPSA) is 47.6 Å². The number of benzene rings is 3. The highest BCUT2D eigenvalue weighted by molar-refractivity contribution is 6.31. The van der Waals surface area contributed by atoms with Gasteiger partial charge < -0.3 is 14.8 Å². The molecule has 0 aliphatic rings. The molecule has 1 amide bonds. The molecule has 1 atom stereocenters. The van der Waals surface area contributed by atoms with Crippen molar-refractivity contribution in [1.82, 2.24) is 0 Å². The highest BCUT2D eigenvalue weighted by atomic mass is 35.5. The summed E-state index contributed by atoms with van der Waals surface area (Å²) in [5.41, 5.74) is 2.61. The second-order valence-electron chi connectivity index (χ2n) is 6.50. The fourth-order valence-electron chi connectivity index (χ4n) is 2.63. The number of aryl methyl sites for hydroxylation is 1. The molecule has 3 aromatic rings. The van der Waals surface area contributed by atoms with E-state index in [1.807, 2.05) is 62.4 Å². The van der Waals surface area contributed by atoms with Crippen LogP contribution in [0.3, 0.4) is 0 Å². The number of halogens is 1. The summed E-state index contributed by atoms with van der Waals surface area (Å²) in [4.78, 5) is 12.7. The van der Waals surface area contributed by atoms with Crippen LogP contribution in [0.15, 0.2) is 66.7 Å². The van der Waals surface area contributed by atoms with Gasteiger partial charge in [-0.15, -0.1) is 0 Å². The van der Waals surface area contributed by atoms with Crippen LogP contribution in [-0.4, -0.2) is 12.0 Å². The summed E-state index contributed by atoms with van der Waals surface area (Å²) in [6, 6.07) is 20.2. The first-order chi connectivity index (χ1) is 13.4. The normalized spacial score (nSPS) is 11.6. The van der Waals surface area contributed by atoms with Crippen LogP contribution in [0.2, 0.25) is 5.02 Å². The van der Waals surface area contributed by atoms with Gasteiger partial charge in [-0.3, -0.25) is 4.79 Å². The van der Waals surface area contributed by atoms with E-state index in [0.29, 0.717) is 28.0 Å². The number of anilines is 1. The largest absolute Gasteiger partial charge is 0.481 e. The van der Waals surface area contributed by atoms with Gasteiger partial charge in [-0.1, -0.05) is 41.9 Å². The lowest BCUT2D eigenvalue weighted by Crippen LogP contribution is -2.30. The summed E-state index contributed by atoms with van der Waals surface area (Å²) >= 11 is 6.11. The van der Waals surface area contributed by atoms with E-state index in [2.05, 4.69) is 5.32 Å². The van der Waals surface area contributed by atoms with E-state index in [9.17, 15) is 4.79 Å². The van der Waals surface area contributed by atoms with Gasteiger partial charge in [-0.2, -0.15) is 0 Å². The molecular formula is C23H22ClNO3. The van der Waals surface area contributed by atoms with Gasteiger partial charge >= 0.3 is 0 Å². The van der Waals surface area contributed by atoms with Crippen LogP contribution in [0, 0.1) is 13.8 Å². The van der Waals surface area contributed by atoms with Crippen molar-refractivity contribution in [2.24, 2.45) is 0 Å². The molecule has 5 heteroatoms. The summed E-state index contributed by atoms with van der Waals surface area (Å²) in [6.07, 6.45) is -0.691. The summed E-state index contributed by atoms with van der Waals surface area (Å²) < 4.78 is 11.7. The SMILES string of the molecule is Cc1cccc(O[C@H](C)C(=O)Nc2cc(Cl)ccc2Oc2ccccc2)c1C. The Hall–Kier alpha value is -2.98. The summed E-state index contributed by atoms with van der Waals surface area (Å²) in [7, 11) is 0. The Balaban J connectivity index is 1.75. The molecule has 0 unspecified atom stereocenters. The third-order valence-corrected chi connectivity index (χ3v) is 4.63. The fraction of sp³-hybridized carbons (Fsp3) is 0.174. The van der Waals surface area contributed by atoms with Crippen molar-refractivity contribution in [1.29, 1.82) is 0 Å². The minimum Gasteiger partial charge on any atom is -0.481 e. The summed E-state index contributed by atoms with van der Waals surface area (Å²) in [6.45, 7) is 5.68. The van der Waals surface area contributed by atoms with Crippen molar-refractivity contribution in [3.63, 3.8) is 0 Å². The first-order valence-corrected chi connectivity index (χ1v) is 9.38. The average molecular weight is 396 g/mol. The second kappa shape index (κ2) is 8.81. The lowest BCUT2D eigenvalue weighted by atomic mass is 10.1. The van der Waals surface area contributed by atoms with Gasteiger partial charge in [0.1, 0.15) is 11.5 Å². The van der Waals surface area contributed by atoms with Crippen molar-refractivity contribution in [2.75, 3.05) is 5.32 Å². The third kappa shape index (κ3) is 4.84. The number of hydrogen-bond donors (Lipinski definition) is 1. The second-order valence-corrected chi connectivity index (χ2v) is 6.94. The highest BCUT2D eigenvalue weighted by Crippen LogP contribution is 2.32. The van der Waals surface area contributed by atoms with Crippen LogP contribution in [0.1, 0.15) is 18.1 Å². The van der Waals surface area contributed by atoms with Crippen LogP contribution in [0.5, 0.6) is 17.2 Å². The number of carbonyl (C=O) groups excluding carboxylic acids is 1. The molecule has 0 fully saturated rings. The van der Waals surface area contributed by atoms with E-state index in [0.717, 1.165) is 11.1 Å². The highest BCUT2D eigenvalue weighted by Gasteiger charge is 2.18. The van der Waals surface area contributed by atoms with Crippen LogP contribution in [0.25, 0.3) is 0 Å². The summed E-state index contributed by atoms with van der Waals surface area (Å²) in [5.74, 6) is 1.57. The molecule has 0 bridgehead atoms. The minimum atomic E-state index is -0.691. The Labute approximate surface area is 170 Å². The fourth-order valence-corrected chi connectivity index (χ4v) is 2.81. The van der Waals surface area contributed by atoms with Crippen molar-refractivity contribution in [3.05, 3.63) is 82.9 Å². The molecule has 0 saturated heterocycles. The Morgan fingerprint density at radius 3 is 2.46 bits per heavy atom. The van der Waals surface area contributed by atoms with Gasteiger partial charge in [0.05, 0.1) is 5.69 Å². The van der Waals surface area contributed by atoms with Crippen molar-refractivity contribution in [3.8, 4) is 17.2 Å². The molecule has 28 heavy (non-hydrogen) atoms. The van der Waals surface area contributed by atoms with Gasteiger partial charge in [-0.05, 0) is 68.3 Å². The average Bonchev–Trinajstić information content (AvgIpc) is 2.68. The van der Waals surface area contributed by atoms with E-state index >= 15 is 0 Å². The Morgan fingerprint density at radius 1 is 0.964 bits per heavy atom. The number of rotatable bonds is 6. The lowest BCUT2D eigenvalue weighted by molar-refractivity contribution is -0.122. The number of nitrogens with one attached hydrogen (secondary N) is 1. The zero-order valence-corrected chi connectivity index (χ0v) is 16.8. The zero-order valence-electron chi connectivity index (χ0n) is 16.0. The minimum absolute atomic E-state index is 0.291. The van der Waals surface area contributed by atoms with Crippen molar-refractivity contribution in [2.45, 2.75) is 26.9 Å². The van der Waals surface area contributed by atoms with Gasteiger partial charge in [0.15, 0.2) is 11.9 Å². The monoisotopic (exact) mass is 395 g/mol. The van der Waals surface area contributed by atoms with E-state index < -0.39 is 6.10 Å². The maximum atomic E-state index is 12.7. The van der Waals surface area contributed by atoms with E-state index in [1.165, 1.54) is 0 Å². The maximum absolute atomic E-state index is 12.7. The van der Waals surface area contributed by atoms with Crippen LogP contribution < -0.4 is 14.8 Å². The summed E-state index contributed by atoms with van der Waals surface area (Å²) in [5, 5.41) is 3.35.